The highest BCUT2D eigenvalue weighted by atomic mass is 16.5. The molecule has 2 aliphatic heterocycles. The van der Waals surface area contributed by atoms with Crippen LogP contribution >= 0.6 is 0 Å². The zero-order chi connectivity index (χ0) is 31.9. The Morgan fingerprint density at radius 2 is 1.72 bits per heavy atom. The van der Waals surface area contributed by atoms with Gasteiger partial charge in [-0.2, -0.15) is 0 Å². The fraction of sp³-hybridized carbons (Fsp3) is 0.429. The monoisotopic (exact) mass is 588 g/mol. The number of furan rings is 1. The number of methoxy groups -OCH3 is 1. The number of carbonyl (C=O) groups is 1. The SMILES string of the molecule is CC.CC.COC1=C(NC(=O)c2ccc(Cc3cc4c(cc3C)C(C)OC4(C)C)o2)C(C)=NC(Nc2ccccc2)N1C. The second kappa shape index (κ2) is 14.4. The molecule has 2 aliphatic rings. The van der Waals surface area contributed by atoms with Gasteiger partial charge in [-0.1, -0.05) is 58.0 Å². The smallest absolute Gasteiger partial charge is 0.291 e. The average Bonchev–Trinajstić information content (AvgIpc) is 3.55. The molecule has 5 rings (SSSR count). The minimum atomic E-state index is -0.382. The molecule has 3 aromatic rings. The Morgan fingerprint density at radius 1 is 1.05 bits per heavy atom. The van der Waals surface area contributed by atoms with Gasteiger partial charge in [0.05, 0.1) is 24.5 Å². The number of nitrogens with one attached hydrogen (secondary N) is 2. The summed E-state index contributed by atoms with van der Waals surface area (Å²) >= 11 is 0. The molecule has 232 valence electrons. The van der Waals surface area contributed by atoms with Gasteiger partial charge in [0.1, 0.15) is 11.5 Å². The van der Waals surface area contributed by atoms with Crippen molar-refractivity contribution >= 4 is 17.3 Å². The van der Waals surface area contributed by atoms with Gasteiger partial charge in [-0.3, -0.25) is 4.79 Å². The Balaban J connectivity index is 0.00000121. The van der Waals surface area contributed by atoms with Crippen molar-refractivity contribution in [2.24, 2.45) is 4.99 Å². The zero-order valence-electron chi connectivity index (χ0n) is 27.6. The van der Waals surface area contributed by atoms with Crippen LogP contribution in [0.15, 0.2) is 75.6 Å². The quantitative estimate of drug-likeness (QED) is 0.292. The molecular weight excluding hydrogens is 540 g/mol. The van der Waals surface area contributed by atoms with E-state index in [4.69, 9.17) is 18.9 Å². The van der Waals surface area contributed by atoms with Crippen molar-refractivity contribution in [2.75, 3.05) is 19.5 Å². The van der Waals surface area contributed by atoms with Crippen molar-refractivity contribution in [3.63, 3.8) is 0 Å². The number of aliphatic imine (C=N–C) groups is 1. The first kappa shape index (κ1) is 33.5. The summed E-state index contributed by atoms with van der Waals surface area (Å²) in [6.45, 7) is 18.2. The van der Waals surface area contributed by atoms with Gasteiger partial charge in [0.15, 0.2) is 12.0 Å². The number of rotatable bonds is 7. The van der Waals surface area contributed by atoms with E-state index in [1.807, 2.05) is 83.0 Å². The van der Waals surface area contributed by atoms with Crippen molar-refractivity contribution in [1.82, 2.24) is 10.2 Å². The Morgan fingerprint density at radius 3 is 2.37 bits per heavy atom. The van der Waals surface area contributed by atoms with Crippen LogP contribution in [-0.2, 0) is 21.5 Å². The topological polar surface area (TPSA) is 88.3 Å². The molecule has 0 aliphatic carbocycles. The molecule has 2 aromatic carbocycles. The number of amides is 1. The molecule has 0 saturated heterocycles. The van der Waals surface area contributed by atoms with Crippen molar-refractivity contribution in [2.45, 2.75) is 86.7 Å². The molecule has 43 heavy (non-hydrogen) atoms. The van der Waals surface area contributed by atoms with Gasteiger partial charge >= 0.3 is 0 Å². The highest BCUT2D eigenvalue weighted by Crippen LogP contribution is 2.44. The van der Waals surface area contributed by atoms with E-state index < -0.39 is 0 Å². The van der Waals surface area contributed by atoms with Crippen LogP contribution in [0.2, 0.25) is 0 Å². The first-order chi connectivity index (χ1) is 20.6. The maximum absolute atomic E-state index is 13.2. The number of fused-ring (bicyclic) bond motifs is 1. The van der Waals surface area contributed by atoms with E-state index in [2.05, 4.69) is 50.5 Å². The van der Waals surface area contributed by atoms with Crippen molar-refractivity contribution in [1.29, 1.82) is 0 Å². The number of benzene rings is 2. The Kier molecular flexibility index (Phi) is 11.2. The molecule has 1 aromatic heterocycles. The Bertz CT molecular complexity index is 1460. The van der Waals surface area contributed by atoms with Gasteiger partial charge in [0, 0.05) is 19.2 Å². The third-order valence-electron chi connectivity index (χ3n) is 7.40. The predicted molar refractivity (Wildman–Crippen MR) is 174 cm³/mol. The third kappa shape index (κ3) is 7.31. The van der Waals surface area contributed by atoms with Crippen LogP contribution in [0, 0.1) is 6.92 Å². The molecule has 0 bridgehead atoms. The van der Waals surface area contributed by atoms with Gasteiger partial charge in [-0.15, -0.1) is 0 Å². The lowest BCUT2D eigenvalue weighted by Crippen LogP contribution is -2.44. The summed E-state index contributed by atoms with van der Waals surface area (Å²) in [4.78, 5) is 19.8. The first-order valence-corrected chi connectivity index (χ1v) is 15.2. The molecule has 3 heterocycles. The molecule has 2 atom stereocenters. The molecule has 0 radical (unpaired) electrons. The highest BCUT2D eigenvalue weighted by Gasteiger charge is 2.36. The lowest BCUT2D eigenvalue weighted by molar-refractivity contribution is -0.0435. The summed E-state index contributed by atoms with van der Waals surface area (Å²) in [7, 11) is 3.44. The fourth-order valence-corrected chi connectivity index (χ4v) is 5.33. The second-order valence-corrected chi connectivity index (χ2v) is 10.6. The molecule has 8 nitrogen and oxygen atoms in total. The van der Waals surface area contributed by atoms with Crippen LogP contribution in [0.25, 0.3) is 0 Å². The van der Waals surface area contributed by atoms with E-state index >= 15 is 0 Å². The summed E-state index contributed by atoms with van der Waals surface area (Å²) in [5.41, 5.74) is 6.51. The number of ether oxygens (including phenoxy) is 2. The summed E-state index contributed by atoms with van der Waals surface area (Å²) in [5.74, 6) is 1.08. The van der Waals surface area contributed by atoms with E-state index in [0.29, 0.717) is 29.5 Å². The standard InChI is InChI=1S/C31H36N4O4.2C2H6/c1-18-15-24-20(3)39-31(4,5)25(24)17-21(18)16-23-13-14-26(38-23)28(36)34-27-19(2)32-30(35(6)29(27)37-7)33-22-11-9-8-10-12-22;2*1-2/h8-15,17,20,30,33H,16H2,1-7H3,(H,34,36);2*1-2H3. The first-order valence-electron chi connectivity index (χ1n) is 15.2. The molecule has 1 amide bonds. The van der Waals surface area contributed by atoms with Gasteiger partial charge in [-0.25, -0.2) is 4.99 Å². The van der Waals surface area contributed by atoms with E-state index in [-0.39, 0.29) is 29.7 Å². The Hall–Kier alpha value is -4.04. The molecule has 0 fully saturated rings. The minimum absolute atomic E-state index is 0.0724. The Labute approximate surface area is 257 Å². The van der Waals surface area contributed by atoms with Crippen LogP contribution in [0.4, 0.5) is 5.69 Å². The largest absolute Gasteiger partial charge is 0.481 e. The van der Waals surface area contributed by atoms with E-state index in [1.54, 1.807) is 13.2 Å². The van der Waals surface area contributed by atoms with Gasteiger partial charge in [0.25, 0.3) is 5.91 Å². The minimum Gasteiger partial charge on any atom is -0.481 e. The van der Waals surface area contributed by atoms with Crippen LogP contribution in [0.5, 0.6) is 0 Å². The maximum Gasteiger partial charge on any atom is 0.291 e. The molecule has 0 spiro atoms. The van der Waals surface area contributed by atoms with Crippen LogP contribution in [0.1, 0.15) is 100 Å². The summed E-state index contributed by atoms with van der Waals surface area (Å²) < 4.78 is 17.8. The number of hydrogen-bond acceptors (Lipinski definition) is 7. The molecule has 2 unspecified atom stereocenters. The van der Waals surface area contributed by atoms with Gasteiger partial charge < -0.3 is 29.4 Å². The van der Waals surface area contributed by atoms with Gasteiger partial charge in [0.2, 0.25) is 5.88 Å². The van der Waals surface area contributed by atoms with Crippen molar-refractivity contribution in [3.8, 4) is 0 Å². The predicted octanol–water partition coefficient (Wildman–Crippen LogP) is 7.90. The number of aryl methyl sites for hydroxylation is 1. The van der Waals surface area contributed by atoms with Crippen molar-refractivity contribution in [3.05, 3.63) is 100.0 Å². The summed E-state index contributed by atoms with van der Waals surface area (Å²) in [6.07, 6.45) is 0.272. The number of carbonyl (C=O) groups excluding carboxylic acids is 1. The van der Waals surface area contributed by atoms with Crippen molar-refractivity contribution < 1.29 is 18.7 Å². The number of para-hydroxylation sites is 1. The highest BCUT2D eigenvalue weighted by molar-refractivity contribution is 6.05. The normalized spacial score (nSPS) is 18.4. The average molecular weight is 589 g/mol. The fourth-order valence-electron chi connectivity index (χ4n) is 5.33. The lowest BCUT2D eigenvalue weighted by atomic mass is 9.89. The molecular formula is C35H48N4O4. The zero-order valence-corrected chi connectivity index (χ0v) is 27.6. The van der Waals surface area contributed by atoms with Crippen LogP contribution < -0.4 is 10.6 Å². The molecule has 0 saturated carbocycles. The summed E-state index contributed by atoms with van der Waals surface area (Å²) in [5, 5.41) is 6.31. The molecule has 2 N–H and O–H groups in total. The number of hydrogen-bond donors (Lipinski definition) is 2. The number of anilines is 1. The van der Waals surface area contributed by atoms with E-state index in [1.165, 1.54) is 16.7 Å². The van der Waals surface area contributed by atoms with Gasteiger partial charge in [-0.05, 0) is 81.1 Å². The second-order valence-electron chi connectivity index (χ2n) is 10.6. The van der Waals surface area contributed by atoms with Crippen LogP contribution in [-0.4, -0.2) is 37.0 Å². The van der Waals surface area contributed by atoms with Crippen LogP contribution in [0.3, 0.4) is 0 Å². The van der Waals surface area contributed by atoms with E-state index in [0.717, 1.165) is 11.3 Å². The maximum atomic E-state index is 13.2. The summed E-state index contributed by atoms with van der Waals surface area (Å²) in [6, 6.07) is 17.8. The van der Waals surface area contributed by atoms with E-state index in [9.17, 15) is 4.79 Å². The lowest BCUT2D eigenvalue weighted by Gasteiger charge is -2.34. The molecule has 8 heteroatoms. The number of nitrogens with zero attached hydrogens (tertiary/aromatic N) is 2. The third-order valence-corrected chi connectivity index (χ3v) is 7.40. The number of allylic oxidation sites excluding steroid dienone is 1.